The largest absolute Gasteiger partial charge is 0.302 e. The van der Waals surface area contributed by atoms with Crippen LogP contribution in [0.4, 0.5) is 5.13 Å². The van der Waals surface area contributed by atoms with E-state index < -0.39 is 0 Å². The smallest absolute Gasteiger partial charge is 0.260 e. The Kier molecular flexibility index (Phi) is 6.70. The Morgan fingerprint density at radius 2 is 1.69 bits per heavy atom. The van der Waals surface area contributed by atoms with Crippen LogP contribution < -0.4 is 4.90 Å². The van der Waals surface area contributed by atoms with E-state index in [2.05, 4.69) is 57.7 Å². The molecule has 0 fully saturated rings. The molecule has 4 nitrogen and oxygen atoms in total. The van der Waals surface area contributed by atoms with E-state index in [0.717, 1.165) is 46.1 Å². The van der Waals surface area contributed by atoms with Crippen molar-refractivity contribution in [1.82, 2.24) is 9.88 Å². The maximum Gasteiger partial charge on any atom is 0.260 e. The summed E-state index contributed by atoms with van der Waals surface area (Å²) in [6.07, 6.45) is 0. The maximum absolute atomic E-state index is 13.6. The second-order valence-corrected chi connectivity index (χ2v) is 8.66. The third-order valence-electron chi connectivity index (χ3n) is 5.70. The van der Waals surface area contributed by atoms with Crippen LogP contribution in [0.5, 0.6) is 0 Å². The molecule has 0 atom stereocenters. The Bertz CT molecular complexity index is 1020. The number of hydrogen-bond donors (Lipinski definition) is 0. The molecule has 0 aliphatic carbocycles. The van der Waals surface area contributed by atoms with Crippen LogP contribution in [0.2, 0.25) is 0 Å². The van der Waals surface area contributed by atoms with E-state index in [1.807, 2.05) is 24.0 Å². The molecule has 1 aromatic heterocycles. The van der Waals surface area contributed by atoms with Gasteiger partial charge in [0.05, 0.1) is 10.2 Å². The minimum atomic E-state index is 0.0306. The standard InChI is InChI=1S/C24H31N3OS/c1-7-26(8-2)13-14-27(23(28)20-11-9-16(3)15-18(20)5)24-25-22-19(6)17(4)10-12-21(22)29-24/h9-12,15H,7-8,13-14H2,1-6H3. The first kappa shape index (κ1) is 21.5. The molecule has 0 aliphatic heterocycles. The van der Waals surface area contributed by atoms with E-state index in [1.165, 1.54) is 16.7 Å². The number of aryl methyl sites for hydroxylation is 4. The van der Waals surface area contributed by atoms with Crippen molar-refractivity contribution in [3.05, 3.63) is 58.1 Å². The topological polar surface area (TPSA) is 36.4 Å². The molecule has 0 spiro atoms. The quantitative estimate of drug-likeness (QED) is 0.516. The zero-order valence-electron chi connectivity index (χ0n) is 18.4. The molecule has 1 heterocycles. The molecular formula is C24H31N3OS. The second kappa shape index (κ2) is 9.06. The number of benzene rings is 2. The van der Waals surface area contributed by atoms with E-state index >= 15 is 0 Å². The SMILES string of the molecule is CCN(CC)CCN(C(=O)c1ccc(C)cc1C)c1nc2c(C)c(C)ccc2s1. The fourth-order valence-electron chi connectivity index (χ4n) is 3.59. The number of hydrogen-bond acceptors (Lipinski definition) is 4. The summed E-state index contributed by atoms with van der Waals surface area (Å²) in [5.74, 6) is 0.0306. The normalized spacial score (nSPS) is 11.4. The Morgan fingerprint density at radius 3 is 2.34 bits per heavy atom. The molecule has 0 unspecified atom stereocenters. The van der Waals surface area contributed by atoms with E-state index in [4.69, 9.17) is 4.98 Å². The molecule has 0 saturated carbocycles. The zero-order valence-corrected chi connectivity index (χ0v) is 19.2. The van der Waals surface area contributed by atoms with Crippen LogP contribution in [0.25, 0.3) is 10.2 Å². The third kappa shape index (κ3) is 4.51. The summed E-state index contributed by atoms with van der Waals surface area (Å²) in [7, 11) is 0. The average molecular weight is 410 g/mol. The predicted molar refractivity (Wildman–Crippen MR) is 124 cm³/mol. The molecule has 0 aliphatic rings. The van der Waals surface area contributed by atoms with Gasteiger partial charge in [-0.05, 0) is 69.6 Å². The van der Waals surface area contributed by atoms with Gasteiger partial charge >= 0.3 is 0 Å². The number of carbonyl (C=O) groups is 1. The number of nitrogens with zero attached hydrogens (tertiary/aromatic N) is 3. The summed E-state index contributed by atoms with van der Waals surface area (Å²) in [5, 5.41) is 0.783. The van der Waals surface area contributed by atoms with Gasteiger partial charge in [-0.3, -0.25) is 9.69 Å². The number of rotatable bonds is 7. The van der Waals surface area contributed by atoms with Gasteiger partial charge in [0, 0.05) is 18.7 Å². The summed E-state index contributed by atoms with van der Waals surface area (Å²) < 4.78 is 1.13. The Morgan fingerprint density at radius 1 is 0.966 bits per heavy atom. The number of likely N-dealkylation sites (N-methyl/N-ethyl adjacent to an activating group) is 1. The Balaban J connectivity index is 2.03. The molecular weight excluding hydrogens is 378 g/mol. The molecule has 0 saturated heterocycles. The van der Waals surface area contributed by atoms with E-state index in [9.17, 15) is 4.79 Å². The first-order valence-electron chi connectivity index (χ1n) is 10.3. The molecule has 3 rings (SSSR count). The lowest BCUT2D eigenvalue weighted by molar-refractivity contribution is 0.0983. The molecule has 154 valence electrons. The predicted octanol–water partition coefficient (Wildman–Crippen LogP) is 5.52. The summed E-state index contributed by atoms with van der Waals surface area (Å²) in [4.78, 5) is 22.7. The summed E-state index contributed by atoms with van der Waals surface area (Å²) in [5.41, 5.74) is 6.35. The minimum absolute atomic E-state index is 0.0306. The van der Waals surface area contributed by atoms with Crippen LogP contribution in [-0.4, -0.2) is 42.0 Å². The maximum atomic E-state index is 13.6. The number of thiazole rings is 1. The van der Waals surface area contributed by atoms with Crippen LogP contribution >= 0.6 is 11.3 Å². The van der Waals surface area contributed by atoms with Gasteiger partial charge in [-0.25, -0.2) is 4.98 Å². The highest BCUT2D eigenvalue weighted by molar-refractivity contribution is 7.22. The van der Waals surface area contributed by atoms with Crippen LogP contribution in [0.3, 0.4) is 0 Å². The first-order chi connectivity index (χ1) is 13.8. The first-order valence-corrected chi connectivity index (χ1v) is 11.2. The lowest BCUT2D eigenvalue weighted by Gasteiger charge is -2.25. The van der Waals surface area contributed by atoms with Gasteiger partial charge in [-0.15, -0.1) is 0 Å². The van der Waals surface area contributed by atoms with E-state index in [-0.39, 0.29) is 5.91 Å². The van der Waals surface area contributed by atoms with Gasteiger partial charge in [0.15, 0.2) is 5.13 Å². The highest BCUT2D eigenvalue weighted by atomic mass is 32.1. The van der Waals surface area contributed by atoms with Crippen molar-refractivity contribution in [2.45, 2.75) is 41.5 Å². The molecule has 5 heteroatoms. The fraction of sp³-hybridized carbons (Fsp3) is 0.417. The van der Waals surface area contributed by atoms with E-state index in [1.54, 1.807) is 11.3 Å². The Labute approximate surface area is 178 Å². The summed E-state index contributed by atoms with van der Waals surface area (Å²) >= 11 is 1.60. The molecule has 29 heavy (non-hydrogen) atoms. The van der Waals surface area contributed by atoms with Crippen LogP contribution in [0, 0.1) is 27.7 Å². The lowest BCUT2D eigenvalue weighted by Crippen LogP contribution is -2.39. The van der Waals surface area contributed by atoms with Gasteiger partial charge in [-0.1, -0.05) is 48.9 Å². The number of carbonyl (C=O) groups excluding carboxylic acids is 1. The highest BCUT2D eigenvalue weighted by Gasteiger charge is 2.23. The van der Waals surface area contributed by atoms with Crippen molar-refractivity contribution >= 4 is 32.6 Å². The number of amides is 1. The van der Waals surface area contributed by atoms with Gasteiger partial charge in [0.25, 0.3) is 5.91 Å². The second-order valence-electron chi connectivity index (χ2n) is 7.65. The van der Waals surface area contributed by atoms with Crippen molar-refractivity contribution < 1.29 is 4.79 Å². The highest BCUT2D eigenvalue weighted by Crippen LogP contribution is 2.33. The zero-order chi connectivity index (χ0) is 21.1. The van der Waals surface area contributed by atoms with Crippen LogP contribution in [-0.2, 0) is 0 Å². The summed E-state index contributed by atoms with van der Waals surface area (Å²) in [6, 6.07) is 10.3. The van der Waals surface area contributed by atoms with Crippen molar-refractivity contribution in [3.63, 3.8) is 0 Å². The molecule has 2 aromatic carbocycles. The van der Waals surface area contributed by atoms with Gasteiger partial charge in [-0.2, -0.15) is 0 Å². The van der Waals surface area contributed by atoms with E-state index in [0.29, 0.717) is 6.54 Å². The van der Waals surface area contributed by atoms with Crippen LogP contribution in [0.1, 0.15) is 46.5 Å². The van der Waals surface area contributed by atoms with Crippen molar-refractivity contribution in [3.8, 4) is 0 Å². The van der Waals surface area contributed by atoms with Crippen molar-refractivity contribution in [1.29, 1.82) is 0 Å². The average Bonchev–Trinajstić information content (AvgIpc) is 3.12. The molecule has 0 N–H and O–H groups in total. The third-order valence-corrected chi connectivity index (χ3v) is 6.74. The van der Waals surface area contributed by atoms with Crippen molar-refractivity contribution in [2.75, 3.05) is 31.1 Å². The molecule has 3 aromatic rings. The number of anilines is 1. The number of fused-ring (bicyclic) bond motifs is 1. The lowest BCUT2D eigenvalue weighted by atomic mass is 10.0. The van der Waals surface area contributed by atoms with Gasteiger partial charge in [0.2, 0.25) is 0 Å². The Hall–Kier alpha value is -2.24. The fourth-order valence-corrected chi connectivity index (χ4v) is 4.64. The molecule has 1 amide bonds. The van der Waals surface area contributed by atoms with Gasteiger partial charge in [0.1, 0.15) is 0 Å². The van der Waals surface area contributed by atoms with Gasteiger partial charge < -0.3 is 4.90 Å². The number of aromatic nitrogens is 1. The minimum Gasteiger partial charge on any atom is -0.302 e. The monoisotopic (exact) mass is 409 g/mol. The van der Waals surface area contributed by atoms with Crippen LogP contribution in [0.15, 0.2) is 30.3 Å². The molecule has 0 radical (unpaired) electrons. The van der Waals surface area contributed by atoms with Crippen molar-refractivity contribution in [2.24, 2.45) is 0 Å². The molecule has 0 bridgehead atoms. The summed E-state index contributed by atoms with van der Waals surface area (Å²) in [6.45, 7) is 16.0.